The summed E-state index contributed by atoms with van der Waals surface area (Å²) < 4.78 is 0. The second-order valence-electron chi connectivity index (χ2n) is 5.12. The van der Waals surface area contributed by atoms with Gasteiger partial charge in [0.2, 0.25) is 0 Å². The molecule has 0 aliphatic carbocycles. The summed E-state index contributed by atoms with van der Waals surface area (Å²) in [4.78, 5) is 4.83. The van der Waals surface area contributed by atoms with Crippen LogP contribution < -0.4 is 0 Å². The van der Waals surface area contributed by atoms with Crippen LogP contribution in [0.2, 0.25) is 0 Å². The SMILES string of the molecule is Cc1cc(-c2cccnn2)nc2c1ccc1ccccc12.Cl. The third-order valence-electron chi connectivity index (χ3n) is 3.75. The first-order valence-corrected chi connectivity index (χ1v) is 6.90. The maximum Gasteiger partial charge on any atom is 0.111 e. The van der Waals surface area contributed by atoms with E-state index in [-0.39, 0.29) is 12.4 Å². The van der Waals surface area contributed by atoms with E-state index >= 15 is 0 Å². The van der Waals surface area contributed by atoms with E-state index in [0.717, 1.165) is 16.9 Å². The van der Waals surface area contributed by atoms with Crippen LogP contribution >= 0.6 is 12.4 Å². The lowest BCUT2D eigenvalue weighted by Crippen LogP contribution is -1.93. The Balaban J connectivity index is 0.00000144. The molecule has 0 bridgehead atoms. The smallest absolute Gasteiger partial charge is 0.111 e. The largest absolute Gasteiger partial charge is 0.245 e. The lowest BCUT2D eigenvalue weighted by Gasteiger charge is -2.08. The van der Waals surface area contributed by atoms with Gasteiger partial charge in [-0.2, -0.15) is 5.10 Å². The second kappa shape index (κ2) is 5.70. The van der Waals surface area contributed by atoms with Gasteiger partial charge >= 0.3 is 0 Å². The Morgan fingerprint density at radius 2 is 1.68 bits per heavy atom. The third-order valence-corrected chi connectivity index (χ3v) is 3.75. The Morgan fingerprint density at radius 1 is 0.818 bits per heavy atom. The summed E-state index contributed by atoms with van der Waals surface area (Å²) in [5.74, 6) is 0. The van der Waals surface area contributed by atoms with Crippen molar-refractivity contribution in [3.8, 4) is 11.4 Å². The third kappa shape index (κ3) is 2.30. The number of halogens is 1. The van der Waals surface area contributed by atoms with Crippen LogP contribution in [0.15, 0.2) is 60.8 Å². The first kappa shape index (κ1) is 14.4. The highest BCUT2D eigenvalue weighted by Gasteiger charge is 2.08. The molecule has 108 valence electrons. The molecule has 22 heavy (non-hydrogen) atoms. The number of nitrogens with zero attached hydrogens (tertiary/aromatic N) is 3. The van der Waals surface area contributed by atoms with Gasteiger partial charge in [0.15, 0.2) is 0 Å². The van der Waals surface area contributed by atoms with Gasteiger partial charge in [-0.1, -0.05) is 36.4 Å². The monoisotopic (exact) mass is 307 g/mol. The van der Waals surface area contributed by atoms with Gasteiger partial charge in [0.05, 0.1) is 11.2 Å². The van der Waals surface area contributed by atoms with Crippen LogP contribution in [-0.2, 0) is 0 Å². The van der Waals surface area contributed by atoms with E-state index in [1.165, 1.54) is 21.7 Å². The molecule has 4 aromatic rings. The van der Waals surface area contributed by atoms with Gasteiger partial charge in [-0.3, -0.25) is 0 Å². The van der Waals surface area contributed by atoms with Crippen molar-refractivity contribution < 1.29 is 0 Å². The molecular formula is C18H14ClN3. The number of benzene rings is 2. The average molecular weight is 308 g/mol. The standard InChI is InChI=1S/C18H13N3.ClH/c1-12-11-17(16-7-4-10-19-21-16)20-18-14(12)9-8-13-5-2-3-6-15(13)18;/h2-11H,1H3;1H. The minimum Gasteiger partial charge on any atom is -0.245 e. The van der Waals surface area contributed by atoms with Crippen molar-refractivity contribution in [1.29, 1.82) is 0 Å². The summed E-state index contributed by atoms with van der Waals surface area (Å²) in [7, 11) is 0. The quantitative estimate of drug-likeness (QED) is 0.483. The number of hydrogen-bond donors (Lipinski definition) is 0. The maximum absolute atomic E-state index is 4.83. The Kier molecular flexibility index (Phi) is 3.73. The summed E-state index contributed by atoms with van der Waals surface area (Å²) in [6, 6.07) is 18.5. The Hall–Kier alpha value is -2.52. The van der Waals surface area contributed by atoms with Crippen LogP contribution in [0, 0.1) is 6.92 Å². The number of aryl methyl sites for hydroxylation is 1. The van der Waals surface area contributed by atoms with E-state index < -0.39 is 0 Å². The van der Waals surface area contributed by atoms with Gasteiger partial charge in [-0.25, -0.2) is 4.98 Å². The highest BCUT2D eigenvalue weighted by Crippen LogP contribution is 2.28. The predicted molar refractivity (Wildman–Crippen MR) is 92.3 cm³/mol. The van der Waals surface area contributed by atoms with Gasteiger partial charge in [0.1, 0.15) is 5.69 Å². The molecule has 2 heterocycles. The van der Waals surface area contributed by atoms with Gasteiger partial charge in [0.25, 0.3) is 0 Å². The summed E-state index contributed by atoms with van der Waals surface area (Å²) >= 11 is 0. The molecule has 0 amide bonds. The highest BCUT2D eigenvalue weighted by molar-refractivity contribution is 6.06. The lowest BCUT2D eigenvalue weighted by atomic mass is 10.0. The van der Waals surface area contributed by atoms with Gasteiger partial charge < -0.3 is 0 Å². The normalized spacial score (nSPS) is 10.6. The van der Waals surface area contributed by atoms with Crippen LogP contribution in [0.4, 0.5) is 0 Å². The van der Waals surface area contributed by atoms with Crippen molar-refractivity contribution in [1.82, 2.24) is 15.2 Å². The first-order chi connectivity index (χ1) is 10.3. The van der Waals surface area contributed by atoms with Crippen LogP contribution in [0.25, 0.3) is 33.1 Å². The Labute approximate surface area is 134 Å². The molecule has 0 N–H and O–H groups in total. The average Bonchev–Trinajstić information content (AvgIpc) is 2.55. The van der Waals surface area contributed by atoms with Gasteiger partial charge in [-0.15, -0.1) is 17.5 Å². The molecule has 2 aromatic heterocycles. The van der Waals surface area contributed by atoms with Crippen LogP contribution in [0.1, 0.15) is 5.56 Å². The van der Waals surface area contributed by atoms with Crippen molar-refractivity contribution in [3.05, 3.63) is 66.4 Å². The van der Waals surface area contributed by atoms with Crippen molar-refractivity contribution in [2.75, 3.05) is 0 Å². The predicted octanol–water partition coefficient (Wildman–Crippen LogP) is 4.58. The molecule has 0 saturated carbocycles. The molecule has 4 rings (SSSR count). The van der Waals surface area contributed by atoms with E-state index in [0.29, 0.717) is 0 Å². The molecular weight excluding hydrogens is 294 g/mol. The molecule has 0 spiro atoms. The lowest BCUT2D eigenvalue weighted by molar-refractivity contribution is 1.03. The highest BCUT2D eigenvalue weighted by atomic mass is 35.5. The summed E-state index contributed by atoms with van der Waals surface area (Å²) in [6.45, 7) is 2.11. The topological polar surface area (TPSA) is 38.7 Å². The molecule has 2 aromatic carbocycles. The molecule has 3 nitrogen and oxygen atoms in total. The summed E-state index contributed by atoms with van der Waals surface area (Å²) in [5.41, 5.74) is 3.89. The zero-order valence-corrected chi connectivity index (χ0v) is 12.8. The van der Waals surface area contributed by atoms with E-state index in [4.69, 9.17) is 4.98 Å². The summed E-state index contributed by atoms with van der Waals surface area (Å²) in [6.07, 6.45) is 1.67. The molecule has 0 radical (unpaired) electrons. The van der Waals surface area contributed by atoms with Crippen LogP contribution in [0.5, 0.6) is 0 Å². The molecule has 0 aliphatic heterocycles. The summed E-state index contributed by atoms with van der Waals surface area (Å²) in [5, 5.41) is 11.7. The van der Waals surface area contributed by atoms with E-state index in [9.17, 15) is 0 Å². The van der Waals surface area contributed by atoms with E-state index in [2.05, 4.69) is 47.5 Å². The second-order valence-corrected chi connectivity index (χ2v) is 5.12. The fourth-order valence-corrected chi connectivity index (χ4v) is 2.70. The van der Waals surface area contributed by atoms with Crippen LogP contribution in [-0.4, -0.2) is 15.2 Å². The maximum atomic E-state index is 4.83. The number of aromatic nitrogens is 3. The molecule has 0 aliphatic rings. The van der Waals surface area contributed by atoms with Crippen molar-refractivity contribution in [2.24, 2.45) is 0 Å². The minimum atomic E-state index is 0. The molecule has 0 saturated heterocycles. The number of fused-ring (bicyclic) bond motifs is 3. The minimum absolute atomic E-state index is 0. The van der Waals surface area contributed by atoms with Gasteiger partial charge in [-0.05, 0) is 36.1 Å². The van der Waals surface area contributed by atoms with Crippen molar-refractivity contribution in [2.45, 2.75) is 6.92 Å². The Morgan fingerprint density at radius 3 is 2.50 bits per heavy atom. The van der Waals surface area contributed by atoms with Crippen molar-refractivity contribution in [3.63, 3.8) is 0 Å². The zero-order valence-electron chi connectivity index (χ0n) is 12.0. The molecule has 0 fully saturated rings. The molecule has 0 unspecified atom stereocenters. The number of hydrogen-bond acceptors (Lipinski definition) is 3. The first-order valence-electron chi connectivity index (χ1n) is 6.90. The Bertz CT molecular complexity index is 952. The van der Waals surface area contributed by atoms with Crippen molar-refractivity contribution >= 4 is 34.1 Å². The fourth-order valence-electron chi connectivity index (χ4n) is 2.70. The molecule has 0 atom stereocenters. The number of rotatable bonds is 1. The fraction of sp³-hybridized carbons (Fsp3) is 0.0556. The molecule has 4 heteroatoms. The number of pyridine rings is 1. The van der Waals surface area contributed by atoms with E-state index in [1.807, 2.05) is 24.3 Å². The van der Waals surface area contributed by atoms with E-state index in [1.54, 1.807) is 6.20 Å². The van der Waals surface area contributed by atoms with Crippen LogP contribution in [0.3, 0.4) is 0 Å². The van der Waals surface area contributed by atoms with Gasteiger partial charge in [0, 0.05) is 17.0 Å². The zero-order chi connectivity index (χ0) is 14.2.